The van der Waals surface area contributed by atoms with Crippen molar-refractivity contribution in [1.82, 2.24) is 20.1 Å². The zero-order valence-electron chi connectivity index (χ0n) is 14.5. The van der Waals surface area contributed by atoms with Crippen LogP contribution in [0.1, 0.15) is 14.4 Å². The van der Waals surface area contributed by atoms with E-state index in [1.54, 1.807) is 45.5 Å². The van der Waals surface area contributed by atoms with Gasteiger partial charge in [-0.25, -0.2) is 0 Å². The molecule has 0 spiro atoms. The van der Waals surface area contributed by atoms with Crippen molar-refractivity contribution < 1.29 is 0 Å². The Balaban J connectivity index is -0.000000354. The van der Waals surface area contributed by atoms with E-state index < -0.39 is 0 Å². The van der Waals surface area contributed by atoms with Gasteiger partial charge in [0.2, 0.25) is 0 Å². The first-order valence-corrected chi connectivity index (χ1v) is 16.1. The van der Waals surface area contributed by atoms with Gasteiger partial charge in [0.05, 0.1) is 16.8 Å². The Bertz CT molecular complexity index is 178. The van der Waals surface area contributed by atoms with E-state index in [2.05, 4.69) is 45.8 Å². The van der Waals surface area contributed by atoms with Gasteiger partial charge in [-0.3, -0.25) is 9.44 Å². The fourth-order valence-corrected chi connectivity index (χ4v) is 4.37. The summed E-state index contributed by atoms with van der Waals surface area (Å²) in [7, 11) is 7.28. The fraction of sp³-hybridized carbons (Fsp3) is 1.00. The highest BCUT2D eigenvalue weighted by molar-refractivity contribution is 8.76. The largest absolute Gasteiger partial charge is 0.306 e. The summed E-state index contributed by atoms with van der Waals surface area (Å²) in [4.78, 5) is 0. The van der Waals surface area contributed by atoms with E-state index in [4.69, 9.17) is 0 Å². The minimum atomic E-state index is 0. The Hall–Kier alpha value is 2.29. The van der Waals surface area contributed by atoms with E-state index in [-0.39, 0.29) is 7.43 Å². The van der Waals surface area contributed by atoms with Crippen molar-refractivity contribution in [3.8, 4) is 0 Å². The molecule has 0 saturated heterocycles. The average Bonchev–Trinajstić information content (AvgIpc) is 2.57. The molecule has 24 heavy (non-hydrogen) atoms. The molecule has 0 aromatic heterocycles. The summed E-state index contributed by atoms with van der Waals surface area (Å²) < 4.78 is 6.53. The lowest BCUT2D eigenvalue weighted by molar-refractivity contribution is 0.762. The van der Waals surface area contributed by atoms with Crippen LogP contribution < -0.4 is 20.1 Å². The number of hydrogen-bond acceptors (Lipinski definition) is 11. The predicted octanol–water partition coefficient (Wildman–Crippen LogP) is 4.54. The van der Waals surface area contributed by atoms with Gasteiger partial charge in [-0.1, -0.05) is 81.4 Å². The molecule has 0 aliphatic heterocycles. The molecule has 0 heterocycles. The van der Waals surface area contributed by atoms with Crippen molar-refractivity contribution in [3.63, 3.8) is 0 Å². The smallest absolute Gasteiger partial charge is 0.0534 e. The maximum absolute atomic E-state index is 3.32. The van der Waals surface area contributed by atoms with Crippen LogP contribution in [0.15, 0.2) is 0 Å². The molecular weight excluding hydrogens is 437 g/mol. The molecule has 0 aromatic carbocycles. The summed E-state index contributed by atoms with van der Waals surface area (Å²) >= 11 is 5.39. The van der Waals surface area contributed by atoms with E-state index in [0.717, 1.165) is 48.8 Å². The van der Waals surface area contributed by atoms with Crippen molar-refractivity contribution in [2.24, 2.45) is 0 Å². The maximum Gasteiger partial charge on any atom is 0.0534 e. The van der Waals surface area contributed by atoms with E-state index >= 15 is 0 Å². The molecule has 4 nitrogen and oxygen atoms in total. The fourth-order valence-electron chi connectivity index (χ4n) is 0.971. The second-order valence-electron chi connectivity index (χ2n) is 3.63. The van der Waals surface area contributed by atoms with Crippen LogP contribution in [-0.4, -0.2) is 67.5 Å². The molecule has 0 fully saturated rings. The summed E-state index contributed by atoms with van der Waals surface area (Å²) in [6.45, 7) is 6.35. The van der Waals surface area contributed by atoms with Crippen molar-refractivity contribution in [2.45, 2.75) is 14.4 Å². The van der Waals surface area contributed by atoms with Crippen LogP contribution in [-0.2, 0) is 0 Å². The molecule has 0 aromatic rings. The number of thioether (sulfide) groups is 1. The summed E-state index contributed by atoms with van der Waals surface area (Å²) in [5, 5.41) is 7.76. The summed E-state index contributed by atoms with van der Waals surface area (Å²) in [6.07, 6.45) is 6.30. The van der Waals surface area contributed by atoms with E-state index in [1.165, 1.54) is 0 Å². The highest BCUT2D eigenvalue weighted by Gasteiger charge is 1.88. The van der Waals surface area contributed by atoms with E-state index in [9.17, 15) is 0 Å². The quantitative estimate of drug-likeness (QED) is 0.104. The highest BCUT2D eigenvalue weighted by Crippen LogP contribution is 2.14. The maximum atomic E-state index is 3.32. The molecule has 0 amide bonds. The zero-order valence-corrected chi connectivity index (χ0v) is 20.2. The molecule has 150 valence electrons. The molecule has 11 heteroatoms. The first-order chi connectivity index (χ1) is 11.3. The van der Waals surface area contributed by atoms with Gasteiger partial charge in [-0.15, -0.1) is 0 Å². The second kappa shape index (κ2) is 32.9. The summed E-state index contributed by atoms with van der Waals surface area (Å²) in [6, 6.07) is 0. The van der Waals surface area contributed by atoms with Crippen molar-refractivity contribution in [1.29, 1.82) is 0 Å². The molecule has 0 radical (unpaired) electrons. The monoisotopic (exact) mass is 472 g/mol. The summed E-state index contributed by atoms with van der Waals surface area (Å²) in [5.41, 5.74) is 0. The molecule has 4 N–H and O–H groups in total. The van der Waals surface area contributed by atoms with Crippen LogP contribution in [0.4, 0.5) is 0 Å². The highest BCUT2D eigenvalue weighted by atomic mass is 33.1. The van der Waals surface area contributed by atoms with Gasteiger partial charge in [0.15, 0.2) is 0 Å². The topological polar surface area (TPSA) is 48.1 Å². The van der Waals surface area contributed by atoms with Gasteiger partial charge in [0.25, 0.3) is 0 Å². The lowest BCUT2D eigenvalue weighted by Gasteiger charge is -2.03. The SMILES string of the molecule is C.CCSNCCNCSSC.CSCSNCCNCSSC. The standard InChI is InChI=1S/C6H16N2S4.C6H16N2S3.CH4/c1-9-6-11-8-4-3-7-5-12-10-2;1-3-10-8-5-4-7-6-11-9-2;/h7-8H,3-6H2,1-2H3;7-8H,3-6H2,1-2H3;1H4. The Morgan fingerprint density at radius 3 is 1.62 bits per heavy atom. The van der Waals surface area contributed by atoms with Crippen LogP contribution >= 0.6 is 78.8 Å². The third kappa shape index (κ3) is 35.4. The molecule has 0 saturated carbocycles. The normalized spacial score (nSPS) is 10.0. The Morgan fingerprint density at radius 2 is 1.21 bits per heavy atom. The zero-order chi connectivity index (χ0) is 17.4. The molecule has 0 unspecified atom stereocenters. The predicted molar refractivity (Wildman–Crippen MR) is 135 cm³/mol. The van der Waals surface area contributed by atoms with Gasteiger partial charge in [-0.05, 0) is 18.8 Å². The number of rotatable bonds is 17. The van der Waals surface area contributed by atoms with Gasteiger partial charge in [-0.2, -0.15) is 11.8 Å². The minimum Gasteiger partial charge on any atom is -0.306 e. The van der Waals surface area contributed by atoms with Crippen molar-refractivity contribution in [3.05, 3.63) is 0 Å². The van der Waals surface area contributed by atoms with E-state index in [1.807, 2.05) is 33.3 Å². The van der Waals surface area contributed by atoms with Gasteiger partial charge in [0.1, 0.15) is 0 Å². The minimum absolute atomic E-state index is 0. The van der Waals surface area contributed by atoms with Gasteiger partial charge < -0.3 is 10.6 Å². The first-order valence-electron chi connectivity index (χ1n) is 7.24. The molecular formula is C13H36N4S7. The van der Waals surface area contributed by atoms with Crippen molar-refractivity contribution >= 4 is 78.8 Å². The molecule has 0 rings (SSSR count). The average molecular weight is 473 g/mol. The molecule has 0 aliphatic rings. The third-order valence-electron chi connectivity index (χ3n) is 1.89. The number of nitrogens with one attached hydrogen (secondary N) is 4. The third-order valence-corrected chi connectivity index (χ3v) is 7.65. The van der Waals surface area contributed by atoms with Gasteiger partial charge in [0, 0.05) is 31.9 Å². The Labute approximate surface area is 179 Å². The van der Waals surface area contributed by atoms with Crippen LogP contribution in [0.5, 0.6) is 0 Å². The lowest BCUT2D eigenvalue weighted by atomic mass is 10.7. The van der Waals surface area contributed by atoms with Crippen molar-refractivity contribution in [2.75, 3.05) is 67.5 Å². The summed E-state index contributed by atoms with van der Waals surface area (Å²) in [5.74, 6) is 3.22. The first kappa shape index (κ1) is 31.0. The van der Waals surface area contributed by atoms with Crippen LogP contribution in [0.2, 0.25) is 0 Å². The number of hydrogen-bond donors (Lipinski definition) is 4. The second-order valence-corrected chi connectivity index (χ2v) is 12.0. The van der Waals surface area contributed by atoms with Gasteiger partial charge >= 0.3 is 0 Å². The van der Waals surface area contributed by atoms with Crippen LogP contribution in [0, 0.1) is 0 Å². The van der Waals surface area contributed by atoms with Crippen LogP contribution in [0.3, 0.4) is 0 Å². The Morgan fingerprint density at radius 1 is 0.708 bits per heavy atom. The lowest BCUT2D eigenvalue weighted by Crippen LogP contribution is -2.23. The Kier molecular flexibility index (Phi) is 42.5. The van der Waals surface area contributed by atoms with E-state index in [0.29, 0.717) is 0 Å². The molecule has 0 atom stereocenters. The molecule has 0 bridgehead atoms. The van der Waals surface area contributed by atoms with Crippen LogP contribution in [0.25, 0.3) is 0 Å². The molecule has 0 aliphatic carbocycles.